The Hall–Kier alpha value is 0.250. The zero-order valence-electron chi connectivity index (χ0n) is 11.6. The molecular formula is C16H28ClN. The summed E-state index contributed by atoms with van der Waals surface area (Å²) in [5.41, 5.74) is 0. The summed E-state index contributed by atoms with van der Waals surface area (Å²) in [4.78, 5) is 2.76. The summed E-state index contributed by atoms with van der Waals surface area (Å²) in [6.45, 7) is 2.48. The fourth-order valence-electron chi connectivity index (χ4n) is 4.88. The van der Waals surface area contributed by atoms with Gasteiger partial charge in [-0.05, 0) is 49.9 Å². The van der Waals surface area contributed by atoms with Crippen LogP contribution in [0.5, 0.6) is 0 Å². The molecule has 0 radical (unpaired) electrons. The third-order valence-corrected chi connectivity index (χ3v) is 5.99. The van der Waals surface area contributed by atoms with E-state index < -0.39 is 0 Å². The first-order valence-electron chi connectivity index (χ1n) is 8.17. The van der Waals surface area contributed by atoms with Crippen molar-refractivity contribution in [1.82, 2.24) is 4.90 Å². The molecule has 0 amide bonds. The number of nitrogens with zero attached hydrogens (tertiary/aromatic N) is 1. The fraction of sp³-hybridized carbons (Fsp3) is 1.00. The van der Waals surface area contributed by atoms with Crippen molar-refractivity contribution in [3.8, 4) is 0 Å². The van der Waals surface area contributed by atoms with Crippen molar-refractivity contribution >= 4 is 11.6 Å². The lowest BCUT2D eigenvalue weighted by molar-refractivity contribution is 0.122. The molecule has 3 aliphatic carbocycles. The quantitative estimate of drug-likeness (QED) is 0.673. The minimum Gasteiger partial charge on any atom is -0.299 e. The van der Waals surface area contributed by atoms with Crippen LogP contribution in [0.4, 0.5) is 0 Å². The van der Waals surface area contributed by atoms with Crippen molar-refractivity contribution in [1.29, 1.82) is 0 Å². The molecule has 104 valence electrons. The zero-order valence-corrected chi connectivity index (χ0v) is 12.4. The topological polar surface area (TPSA) is 3.24 Å². The molecule has 3 saturated carbocycles. The van der Waals surface area contributed by atoms with E-state index in [1.54, 1.807) is 6.42 Å². The Morgan fingerprint density at radius 1 is 0.944 bits per heavy atom. The summed E-state index contributed by atoms with van der Waals surface area (Å²) >= 11 is 6.04. The van der Waals surface area contributed by atoms with E-state index in [0.717, 1.165) is 36.2 Å². The Kier molecular flexibility index (Phi) is 4.51. The first-order valence-corrected chi connectivity index (χ1v) is 8.70. The normalized spacial score (nSPS) is 36.7. The van der Waals surface area contributed by atoms with E-state index in [0.29, 0.717) is 0 Å². The van der Waals surface area contributed by atoms with Gasteiger partial charge in [0.1, 0.15) is 0 Å². The Morgan fingerprint density at radius 3 is 2.39 bits per heavy atom. The third kappa shape index (κ3) is 2.88. The van der Waals surface area contributed by atoms with E-state index in [1.165, 1.54) is 57.9 Å². The average molecular weight is 270 g/mol. The van der Waals surface area contributed by atoms with Crippen LogP contribution in [0.15, 0.2) is 0 Å². The van der Waals surface area contributed by atoms with Crippen LogP contribution in [0, 0.1) is 17.8 Å². The number of halogens is 1. The van der Waals surface area contributed by atoms with Crippen molar-refractivity contribution < 1.29 is 0 Å². The lowest BCUT2D eigenvalue weighted by Gasteiger charge is -2.37. The highest BCUT2D eigenvalue weighted by molar-refractivity contribution is 6.18. The minimum absolute atomic E-state index is 0.817. The van der Waals surface area contributed by atoms with E-state index in [1.807, 2.05) is 0 Å². The molecule has 3 unspecified atom stereocenters. The molecule has 2 bridgehead atoms. The minimum atomic E-state index is 0.817. The second kappa shape index (κ2) is 6.13. The standard InChI is InChI=1S/C16H28ClN/c17-8-9-18(16-4-2-1-3-5-16)12-15-11-13-6-7-14(15)10-13/h13-16H,1-12H2. The summed E-state index contributed by atoms with van der Waals surface area (Å²) in [5.74, 6) is 3.98. The van der Waals surface area contributed by atoms with Gasteiger partial charge in [0.15, 0.2) is 0 Å². The van der Waals surface area contributed by atoms with Crippen molar-refractivity contribution in [2.45, 2.75) is 63.8 Å². The third-order valence-electron chi connectivity index (χ3n) is 5.82. The van der Waals surface area contributed by atoms with Crippen molar-refractivity contribution in [2.24, 2.45) is 17.8 Å². The van der Waals surface area contributed by atoms with Crippen LogP contribution in [0.1, 0.15) is 57.8 Å². The maximum absolute atomic E-state index is 6.04. The van der Waals surface area contributed by atoms with Gasteiger partial charge in [-0.15, -0.1) is 11.6 Å². The van der Waals surface area contributed by atoms with Gasteiger partial charge in [-0.3, -0.25) is 4.90 Å². The average Bonchev–Trinajstić information content (AvgIpc) is 3.01. The fourth-order valence-corrected chi connectivity index (χ4v) is 5.10. The molecule has 0 saturated heterocycles. The van der Waals surface area contributed by atoms with Crippen LogP contribution in [0.2, 0.25) is 0 Å². The van der Waals surface area contributed by atoms with Gasteiger partial charge < -0.3 is 0 Å². The highest BCUT2D eigenvalue weighted by atomic mass is 35.5. The predicted molar refractivity (Wildman–Crippen MR) is 78.1 cm³/mol. The second-order valence-electron chi connectivity index (χ2n) is 6.91. The number of fused-ring (bicyclic) bond motifs is 2. The molecule has 3 fully saturated rings. The van der Waals surface area contributed by atoms with E-state index in [4.69, 9.17) is 11.6 Å². The summed E-state index contributed by atoms with van der Waals surface area (Å²) in [6.07, 6.45) is 13.3. The van der Waals surface area contributed by atoms with E-state index >= 15 is 0 Å². The summed E-state index contributed by atoms with van der Waals surface area (Å²) in [7, 11) is 0. The molecule has 0 aliphatic heterocycles. The van der Waals surface area contributed by atoms with Crippen LogP contribution >= 0.6 is 11.6 Å². The summed E-state index contributed by atoms with van der Waals surface area (Å²) in [6, 6.07) is 0.858. The molecular weight excluding hydrogens is 242 g/mol. The first kappa shape index (κ1) is 13.2. The van der Waals surface area contributed by atoms with Crippen LogP contribution in [-0.4, -0.2) is 29.9 Å². The molecule has 3 atom stereocenters. The van der Waals surface area contributed by atoms with Gasteiger partial charge in [0, 0.05) is 25.0 Å². The smallest absolute Gasteiger partial charge is 0.0351 e. The molecule has 0 heterocycles. The molecule has 0 spiro atoms. The molecule has 3 aliphatic rings. The molecule has 0 aromatic heterocycles. The van der Waals surface area contributed by atoms with Gasteiger partial charge >= 0.3 is 0 Å². The van der Waals surface area contributed by atoms with E-state index in [9.17, 15) is 0 Å². The largest absolute Gasteiger partial charge is 0.299 e. The predicted octanol–water partition coefficient (Wildman–Crippen LogP) is 4.30. The Balaban J connectivity index is 1.55. The van der Waals surface area contributed by atoms with E-state index in [2.05, 4.69) is 4.90 Å². The van der Waals surface area contributed by atoms with Gasteiger partial charge in [0.05, 0.1) is 0 Å². The molecule has 3 rings (SSSR count). The van der Waals surface area contributed by atoms with Crippen LogP contribution < -0.4 is 0 Å². The molecule has 1 nitrogen and oxygen atoms in total. The second-order valence-corrected chi connectivity index (χ2v) is 7.29. The summed E-state index contributed by atoms with van der Waals surface area (Å²) < 4.78 is 0. The van der Waals surface area contributed by atoms with Crippen molar-refractivity contribution in [3.05, 3.63) is 0 Å². The van der Waals surface area contributed by atoms with Crippen molar-refractivity contribution in [2.75, 3.05) is 19.0 Å². The number of hydrogen-bond acceptors (Lipinski definition) is 1. The Morgan fingerprint density at radius 2 is 1.78 bits per heavy atom. The maximum atomic E-state index is 6.04. The maximum Gasteiger partial charge on any atom is 0.0351 e. The first-order chi connectivity index (χ1) is 8.86. The molecule has 0 N–H and O–H groups in total. The van der Waals surface area contributed by atoms with Gasteiger partial charge in [-0.2, -0.15) is 0 Å². The van der Waals surface area contributed by atoms with Crippen molar-refractivity contribution in [3.63, 3.8) is 0 Å². The Labute approximate surface area is 117 Å². The lowest BCUT2D eigenvalue weighted by atomic mass is 9.87. The van der Waals surface area contributed by atoms with Gasteiger partial charge in [-0.1, -0.05) is 25.7 Å². The number of alkyl halides is 1. The molecule has 0 aromatic carbocycles. The highest BCUT2D eigenvalue weighted by Gasteiger charge is 2.40. The zero-order chi connectivity index (χ0) is 12.4. The SMILES string of the molecule is ClCCN(CC1CC2CCC1C2)C1CCCCC1. The highest BCUT2D eigenvalue weighted by Crippen LogP contribution is 2.48. The van der Waals surface area contributed by atoms with Gasteiger partial charge in [0.25, 0.3) is 0 Å². The lowest BCUT2D eigenvalue weighted by Crippen LogP contribution is -2.42. The Bertz CT molecular complexity index is 262. The van der Waals surface area contributed by atoms with Gasteiger partial charge in [-0.25, -0.2) is 0 Å². The molecule has 18 heavy (non-hydrogen) atoms. The monoisotopic (exact) mass is 269 g/mol. The van der Waals surface area contributed by atoms with E-state index in [-0.39, 0.29) is 0 Å². The van der Waals surface area contributed by atoms with Crippen LogP contribution in [-0.2, 0) is 0 Å². The van der Waals surface area contributed by atoms with Crippen LogP contribution in [0.25, 0.3) is 0 Å². The number of rotatable bonds is 5. The summed E-state index contributed by atoms with van der Waals surface area (Å²) in [5, 5.41) is 0. The molecule has 0 aromatic rings. The van der Waals surface area contributed by atoms with Crippen LogP contribution in [0.3, 0.4) is 0 Å². The molecule has 2 heteroatoms. The number of hydrogen-bond donors (Lipinski definition) is 0. The van der Waals surface area contributed by atoms with Gasteiger partial charge in [0.2, 0.25) is 0 Å².